The van der Waals surface area contributed by atoms with Gasteiger partial charge in [0.1, 0.15) is 24.7 Å². The molecule has 1 atom stereocenters. The number of fused-ring (bicyclic) bond motifs is 1. The third-order valence-electron chi connectivity index (χ3n) is 6.29. The van der Waals surface area contributed by atoms with E-state index in [1.54, 1.807) is 61.4 Å². The lowest BCUT2D eigenvalue weighted by Crippen LogP contribution is -2.31. The Labute approximate surface area is 235 Å². The van der Waals surface area contributed by atoms with Crippen molar-refractivity contribution in [3.05, 3.63) is 99.4 Å². The fourth-order valence-corrected chi connectivity index (χ4v) is 4.80. The van der Waals surface area contributed by atoms with Crippen molar-refractivity contribution in [1.82, 2.24) is 14.8 Å². The van der Waals surface area contributed by atoms with Gasteiger partial charge in [-0.3, -0.25) is 4.79 Å². The van der Waals surface area contributed by atoms with Crippen LogP contribution in [0.5, 0.6) is 17.2 Å². The first-order valence-corrected chi connectivity index (χ1v) is 12.7. The van der Waals surface area contributed by atoms with Gasteiger partial charge in [0.2, 0.25) is 5.95 Å². The molecule has 0 bridgehead atoms. The summed E-state index contributed by atoms with van der Waals surface area (Å²) >= 11 is 12.3. The molecule has 2 N–H and O–H groups in total. The number of nitrogens with zero attached hydrogens (tertiary/aromatic N) is 3. The fourth-order valence-electron chi connectivity index (χ4n) is 4.33. The lowest BCUT2D eigenvalue weighted by atomic mass is 9.94. The van der Waals surface area contributed by atoms with Gasteiger partial charge in [-0.05, 0) is 61.0 Å². The van der Waals surface area contributed by atoms with Gasteiger partial charge in [-0.25, -0.2) is 4.68 Å². The maximum absolute atomic E-state index is 13.6. The summed E-state index contributed by atoms with van der Waals surface area (Å²) in [4.78, 5) is 17.9. The monoisotopic (exact) mass is 565 g/mol. The first kappa shape index (κ1) is 26.4. The van der Waals surface area contributed by atoms with E-state index in [2.05, 4.69) is 20.7 Å². The Balaban J connectivity index is 1.45. The Bertz CT molecular complexity index is 1550. The molecule has 1 aliphatic rings. The van der Waals surface area contributed by atoms with Gasteiger partial charge < -0.3 is 24.8 Å². The number of halogens is 2. The van der Waals surface area contributed by atoms with E-state index in [9.17, 15) is 4.79 Å². The maximum Gasteiger partial charge on any atom is 0.255 e. The average Bonchev–Trinajstić information content (AvgIpc) is 3.40. The fraction of sp³-hybridized carbons (Fsp3) is 0.179. The molecule has 4 aromatic rings. The van der Waals surface area contributed by atoms with Crippen molar-refractivity contribution in [3.63, 3.8) is 0 Å². The van der Waals surface area contributed by atoms with Crippen molar-refractivity contribution < 1.29 is 19.0 Å². The van der Waals surface area contributed by atoms with Gasteiger partial charge in [-0.1, -0.05) is 35.3 Å². The molecular formula is C28H25Cl2N5O4. The van der Waals surface area contributed by atoms with Gasteiger partial charge in [0.15, 0.2) is 11.5 Å². The van der Waals surface area contributed by atoms with Gasteiger partial charge in [-0.2, -0.15) is 10.1 Å². The summed E-state index contributed by atoms with van der Waals surface area (Å²) in [5.41, 5.74) is 3.31. The van der Waals surface area contributed by atoms with Crippen LogP contribution in [0.1, 0.15) is 24.1 Å². The average molecular weight is 566 g/mol. The van der Waals surface area contributed by atoms with E-state index in [0.29, 0.717) is 50.2 Å². The Kier molecular flexibility index (Phi) is 7.63. The molecule has 9 nitrogen and oxygen atoms in total. The third kappa shape index (κ3) is 5.50. The highest BCUT2D eigenvalue weighted by molar-refractivity contribution is 6.35. The molecule has 1 aromatic heterocycles. The minimum absolute atomic E-state index is 0.223. The van der Waals surface area contributed by atoms with E-state index >= 15 is 0 Å². The zero-order chi connectivity index (χ0) is 27.5. The Morgan fingerprint density at radius 3 is 2.54 bits per heavy atom. The number of hydrogen-bond acceptors (Lipinski definition) is 7. The summed E-state index contributed by atoms with van der Waals surface area (Å²) in [5, 5.41) is 11.6. The predicted octanol–water partition coefficient (Wildman–Crippen LogP) is 6.11. The van der Waals surface area contributed by atoms with Gasteiger partial charge >= 0.3 is 0 Å². The van der Waals surface area contributed by atoms with E-state index in [-0.39, 0.29) is 12.5 Å². The largest absolute Gasteiger partial charge is 0.497 e. The van der Waals surface area contributed by atoms with Crippen LogP contribution in [-0.2, 0) is 11.4 Å². The Morgan fingerprint density at radius 1 is 1.03 bits per heavy atom. The molecule has 0 spiro atoms. The summed E-state index contributed by atoms with van der Waals surface area (Å²) in [5.74, 6) is 1.94. The normalized spacial score (nSPS) is 14.3. The molecule has 200 valence electrons. The summed E-state index contributed by atoms with van der Waals surface area (Å²) in [6, 6.07) is 17.3. The van der Waals surface area contributed by atoms with Crippen LogP contribution >= 0.6 is 23.2 Å². The number of anilines is 2. The number of benzene rings is 3. The van der Waals surface area contributed by atoms with Crippen LogP contribution < -0.4 is 24.8 Å². The smallest absolute Gasteiger partial charge is 0.255 e. The van der Waals surface area contributed by atoms with Crippen LogP contribution in [0.25, 0.3) is 0 Å². The second kappa shape index (κ2) is 11.3. The number of nitrogens with one attached hydrogen (secondary N) is 2. The van der Waals surface area contributed by atoms with E-state index < -0.39 is 6.04 Å². The topological polar surface area (TPSA) is 99.5 Å². The summed E-state index contributed by atoms with van der Waals surface area (Å²) in [7, 11) is 3.15. The first-order valence-electron chi connectivity index (χ1n) is 11.9. The highest BCUT2D eigenvalue weighted by Crippen LogP contribution is 2.39. The minimum atomic E-state index is -0.573. The van der Waals surface area contributed by atoms with Crippen LogP contribution in [0.4, 0.5) is 11.6 Å². The number of carbonyl (C=O) groups excluding carboxylic acids is 1. The number of carbonyl (C=O) groups is 1. The number of allylic oxidation sites excluding steroid dienone is 1. The van der Waals surface area contributed by atoms with Crippen LogP contribution in [0.3, 0.4) is 0 Å². The molecule has 5 rings (SSSR count). The molecule has 1 amide bonds. The van der Waals surface area contributed by atoms with Gasteiger partial charge in [0.25, 0.3) is 5.91 Å². The first-order chi connectivity index (χ1) is 18.9. The molecule has 0 aliphatic carbocycles. The van der Waals surface area contributed by atoms with Crippen molar-refractivity contribution >= 4 is 40.7 Å². The molecule has 0 saturated heterocycles. The van der Waals surface area contributed by atoms with E-state index in [4.69, 9.17) is 37.4 Å². The molecule has 3 aromatic carbocycles. The van der Waals surface area contributed by atoms with Crippen LogP contribution in [0.15, 0.2) is 78.3 Å². The van der Waals surface area contributed by atoms with Crippen molar-refractivity contribution in [2.24, 2.45) is 0 Å². The number of aromatic nitrogens is 3. The molecule has 2 heterocycles. The third-order valence-corrected chi connectivity index (χ3v) is 6.88. The number of ether oxygens (including phenoxy) is 3. The second-order valence-corrected chi connectivity index (χ2v) is 9.56. The zero-order valence-corrected chi connectivity index (χ0v) is 22.9. The lowest BCUT2D eigenvalue weighted by Gasteiger charge is -2.29. The second-order valence-electron chi connectivity index (χ2n) is 8.71. The standard InChI is InChI=1S/C28H25Cl2N5O4/c1-16-25(27(36)34-20-7-9-21(37-2)10-8-20)26(35-28(33-16)31-15-32-35)17-5-11-23(24(12-17)38-3)39-14-18-4-6-19(29)13-22(18)30/h4-13,15,26H,14H2,1-3H3,(H,34,36)(H,31,32,33). The highest BCUT2D eigenvalue weighted by Gasteiger charge is 2.34. The van der Waals surface area contributed by atoms with Crippen molar-refractivity contribution in [1.29, 1.82) is 0 Å². The molecule has 0 fully saturated rings. The van der Waals surface area contributed by atoms with Crippen molar-refractivity contribution in [2.45, 2.75) is 19.6 Å². The Morgan fingerprint density at radius 2 is 1.82 bits per heavy atom. The number of hydrogen-bond donors (Lipinski definition) is 2. The zero-order valence-electron chi connectivity index (χ0n) is 21.4. The summed E-state index contributed by atoms with van der Waals surface area (Å²) < 4.78 is 18.6. The van der Waals surface area contributed by atoms with Crippen LogP contribution in [-0.4, -0.2) is 34.9 Å². The van der Waals surface area contributed by atoms with Gasteiger partial charge in [-0.15, -0.1) is 0 Å². The summed E-state index contributed by atoms with van der Waals surface area (Å²) in [6.07, 6.45) is 1.44. The van der Waals surface area contributed by atoms with Crippen LogP contribution in [0, 0.1) is 0 Å². The van der Waals surface area contributed by atoms with Crippen LogP contribution in [0.2, 0.25) is 10.0 Å². The Hall–Kier alpha value is -4.21. The lowest BCUT2D eigenvalue weighted by molar-refractivity contribution is -0.113. The van der Waals surface area contributed by atoms with Crippen molar-refractivity contribution in [2.75, 3.05) is 24.9 Å². The molecule has 11 heteroatoms. The number of methoxy groups -OCH3 is 2. The summed E-state index contributed by atoms with van der Waals surface area (Å²) in [6.45, 7) is 2.06. The van der Waals surface area contributed by atoms with E-state index in [1.165, 1.54) is 6.33 Å². The molecular weight excluding hydrogens is 541 g/mol. The predicted molar refractivity (Wildman–Crippen MR) is 150 cm³/mol. The maximum atomic E-state index is 13.6. The van der Waals surface area contributed by atoms with E-state index in [0.717, 1.165) is 11.1 Å². The quantitative estimate of drug-likeness (QED) is 0.266. The molecule has 0 radical (unpaired) electrons. The molecule has 39 heavy (non-hydrogen) atoms. The van der Waals surface area contributed by atoms with Gasteiger partial charge in [0, 0.05) is 27.0 Å². The number of rotatable bonds is 8. The SMILES string of the molecule is COc1ccc(NC(=O)C2=C(C)Nc3ncnn3C2c2ccc(OCc3ccc(Cl)cc3Cl)c(OC)c2)cc1. The molecule has 0 saturated carbocycles. The molecule has 1 unspecified atom stereocenters. The minimum Gasteiger partial charge on any atom is -0.497 e. The molecule has 1 aliphatic heterocycles. The van der Waals surface area contributed by atoms with Gasteiger partial charge in [0.05, 0.1) is 19.8 Å². The highest BCUT2D eigenvalue weighted by atomic mass is 35.5. The van der Waals surface area contributed by atoms with E-state index in [1.807, 2.05) is 25.1 Å². The van der Waals surface area contributed by atoms with Crippen molar-refractivity contribution in [3.8, 4) is 17.2 Å². The number of amides is 1.